The summed E-state index contributed by atoms with van der Waals surface area (Å²) in [7, 11) is 1.67. The van der Waals surface area contributed by atoms with Gasteiger partial charge in [-0.25, -0.2) is 9.66 Å². The predicted molar refractivity (Wildman–Crippen MR) is 124 cm³/mol. The van der Waals surface area contributed by atoms with Crippen LogP contribution in [-0.4, -0.2) is 47.8 Å². The molecule has 1 aliphatic heterocycles. The molecule has 31 heavy (non-hydrogen) atoms. The first-order valence-corrected chi connectivity index (χ1v) is 11.0. The van der Waals surface area contributed by atoms with Crippen LogP contribution in [0.5, 0.6) is 5.75 Å². The van der Waals surface area contributed by atoms with E-state index in [2.05, 4.69) is 17.0 Å². The number of nitrogens with zero attached hydrogens (tertiary/aromatic N) is 4. The molecule has 0 saturated carbocycles. The van der Waals surface area contributed by atoms with E-state index in [-0.39, 0.29) is 11.6 Å². The van der Waals surface area contributed by atoms with E-state index in [1.54, 1.807) is 23.9 Å². The monoisotopic (exact) mass is 441 g/mol. The van der Waals surface area contributed by atoms with Crippen LogP contribution in [0.2, 0.25) is 5.02 Å². The first kappa shape index (κ1) is 21.6. The van der Waals surface area contributed by atoms with Crippen molar-refractivity contribution in [2.24, 2.45) is 5.73 Å². The number of piperazine rings is 1. The zero-order chi connectivity index (χ0) is 22.0. The van der Waals surface area contributed by atoms with Crippen LogP contribution in [0.1, 0.15) is 30.8 Å². The van der Waals surface area contributed by atoms with E-state index in [4.69, 9.17) is 27.1 Å². The average molecular weight is 442 g/mol. The van der Waals surface area contributed by atoms with E-state index in [1.807, 2.05) is 30.1 Å². The van der Waals surface area contributed by atoms with Crippen molar-refractivity contribution >= 4 is 22.5 Å². The summed E-state index contributed by atoms with van der Waals surface area (Å²) in [5, 5.41) is 2.91. The Hall–Kier alpha value is -2.61. The maximum Gasteiger partial charge on any atom is 0.281 e. The molecule has 8 heteroatoms. The molecule has 0 bridgehead atoms. The maximum atomic E-state index is 13.4. The molecule has 1 fully saturated rings. The van der Waals surface area contributed by atoms with Gasteiger partial charge in [-0.2, -0.15) is 0 Å². The predicted octanol–water partition coefficient (Wildman–Crippen LogP) is 2.92. The van der Waals surface area contributed by atoms with Gasteiger partial charge in [0.15, 0.2) is 0 Å². The Morgan fingerprint density at radius 2 is 1.84 bits per heavy atom. The zero-order valence-electron chi connectivity index (χ0n) is 17.9. The molecule has 0 radical (unpaired) electrons. The zero-order valence-corrected chi connectivity index (χ0v) is 18.7. The molecule has 1 aliphatic rings. The molecule has 2 N–H and O–H groups in total. The Kier molecular flexibility index (Phi) is 6.46. The van der Waals surface area contributed by atoms with Crippen molar-refractivity contribution in [3.8, 4) is 5.75 Å². The number of hydrogen-bond acceptors (Lipinski definition) is 6. The molecule has 3 aromatic rings. The molecule has 164 valence electrons. The smallest absolute Gasteiger partial charge is 0.281 e. The van der Waals surface area contributed by atoms with Gasteiger partial charge in [0.25, 0.3) is 5.56 Å². The average Bonchev–Trinajstić information content (AvgIpc) is 2.79. The van der Waals surface area contributed by atoms with Crippen LogP contribution in [-0.2, 0) is 6.54 Å². The Morgan fingerprint density at radius 1 is 1.13 bits per heavy atom. The molecular weight excluding hydrogens is 414 g/mol. The third-order valence-corrected chi connectivity index (χ3v) is 6.13. The highest BCUT2D eigenvalue weighted by Gasteiger charge is 2.24. The number of methoxy groups -OCH3 is 1. The Labute approximate surface area is 187 Å². The Morgan fingerprint density at radius 3 is 2.48 bits per heavy atom. The van der Waals surface area contributed by atoms with Crippen LogP contribution in [0.15, 0.2) is 47.3 Å². The summed E-state index contributed by atoms with van der Waals surface area (Å²) in [6.45, 7) is 5.93. The molecule has 7 nitrogen and oxygen atoms in total. The van der Waals surface area contributed by atoms with Gasteiger partial charge in [0.1, 0.15) is 11.6 Å². The van der Waals surface area contributed by atoms with Gasteiger partial charge in [-0.1, -0.05) is 36.7 Å². The summed E-state index contributed by atoms with van der Waals surface area (Å²) in [6, 6.07) is 13.2. The van der Waals surface area contributed by atoms with Crippen molar-refractivity contribution in [1.82, 2.24) is 14.6 Å². The van der Waals surface area contributed by atoms with Crippen LogP contribution in [0, 0.1) is 0 Å². The summed E-state index contributed by atoms with van der Waals surface area (Å²) < 4.78 is 6.89. The van der Waals surface area contributed by atoms with Gasteiger partial charge >= 0.3 is 0 Å². The van der Waals surface area contributed by atoms with Crippen molar-refractivity contribution in [2.45, 2.75) is 25.9 Å². The molecule has 0 amide bonds. The summed E-state index contributed by atoms with van der Waals surface area (Å²) in [4.78, 5) is 20.5. The first-order valence-electron chi connectivity index (χ1n) is 10.6. The highest BCUT2D eigenvalue weighted by Crippen LogP contribution is 2.22. The lowest BCUT2D eigenvalue weighted by molar-refractivity contribution is 0.229. The number of nitrogens with two attached hydrogens (primary N) is 1. The van der Waals surface area contributed by atoms with Gasteiger partial charge in [0.2, 0.25) is 0 Å². The quantitative estimate of drug-likeness (QED) is 0.633. The van der Waals surface area contributed by atoms with E-state index in [9.17, 15) is 4.79 Å². The molecule has 0 unspecified atom stereocenters. The molecular formula is C23H28ClN5O2. The molecule has 1 atom stereocenters. The van der Waals surface area contributed by atoms with Gasteiger partial charge in [-0.3, -0.25) is 9.69 Å². The van der Waals surface area contributed by atoms with Crippen LogP contribution < -0.4 is 21.0 Å². The second-order valence-electron chi connectivity index (χ2n) is 7.81. The van der Waals surface area contributed by atoms with Crippen molar-refractivity contribution < 1.29 is 4.74 Å². The van der Waals surface area contributed by atoms with Crippen molar-refractivity contribution in [3.63, 3.8) is 0 Å². The summed E-state index contributed by atoms with van der Waals surface area (Å²) in [5.74, 6) is 1.45. The van der Waals surface area contributed by atoms with Gasteiger partial charge in [-0.05, 0) is 36.2 Å². The van der Waals surface area contributed by atoms with Gasteiger partial charge in [0.05, 0.1) is 29.1 Å². The Bertz CT molecular complexity index is 1110. The fraction of sp³-hybridized carbons (Fsp3) is 0.391. The van der Waals surface area contributed by atoms with E-state index >= 15 is 0 Å². The minimum Gasteiger partial charge on any atom is -0.497 e. The third-order valence-electron chi connectivity index (χ3n) is 5.82. The van der Waals surface area contributed by atoms with Crippen molar-refractivity contribution in [2.75, 3.05) is 38.3 Å². The number of aromatic nitrogens is 2. The first-order chi connectivity index (χ1) is 15.0. The second-order valence-corrected chi connectivity index (χ2v) is 8.22. The van der Waals surface area contributed by atoms with Crippen molar-refractivity contribution in [1.29, 1.82) is 0 Å². The van der Waals surface area contributed by atoms with Crippen molar-refractivity contribution in [3.05, 3.63) is 69.2 Å². The lowest BCUT2D eigenvalue weighted by atomic mass is 10.2. The summed E-state index contributed by atoms with van der Waals surface area (Å²) >= 11 is 6.35. The molecule has 4 rings (SSSR count). The van der Waals surface area contributed by atoms with Crippen LogP contribution in [0.4, 0.5) is 0 Å². The van der Waals surface area contributed by atoms with Crippen LogP contribution in [0.3, 0.4) is 0 Å². The topological polar surface area (TPSA) is 76.6 Å². The number of ether oxygens (including phenoxy) is 1. The van der Waals surface area contributed by atoms with E-state index in [1.165, 1.54) is 5.56 Å². The SMILES string of the molecule is CC[C@H](N)c1nc2cccc(Cl)c2c(=O)n1N1CCN(Cc2ccc(OC)cc2)CC1. The standard InChI is InChI=1S/C23H28ClN5O2/c1-3-19(25)22-26-20-6-4-5-18(24)21(20)23(30)29(22)28-13-11-27(12-14-28)15-16-7-9-17(31-2)10-8-16/h4-10,19H,3,11-15,25H2,1-2H3/t19-/m0/s1. The van der Waals surface area contributed by atoms with Crippen LogP contribution in [0.25, 0.3) is 10.9 Å². The van der Waals surface area contributed by atoms with E-state index in [0.29, 0.717) is 41.3 Å². The largest absolute Gasteiger partial charge is 0.497 e. The second kappa shape index (κ2) is 9.26. The lowest BCUT2D eigenvalue weighted by Crippen LogP contribution is -2.55. The van der Waals surface area contributed by atoms with Gasteiger partial charge in [0, 0.05) is 32.7 Å². The lowest BCUT2D eigenvalue weighted by Gasteiger charge is -2.38. The van der Waals surface area contributed by atoms with E-state index < -0.39 is 0 Å². The molecule has 1 saturated heterocycles. The van der Waals surface area contributed by atoms with Gasteiger partial charge < -0.3 is 15.5 Å². The summed E-state index contributed by atoms with van der Waals surface area (Å²) in [6.07, 6.45) is 0.690. The highest BCUT2D eigenvalue weighted by atomic mass is 35.5. The molecule has 0 spiro atoms. The number of hydrogen-bond donors (Lipinski definition) is 1. The van der Waals surface area contributed by atoms with Gasteiger partial charge in [-0.15, -0.1) is 0 Å². The molecule has 1 aromatic heterocycles. The molecule has 0 aliphatic carbocycles. The normalized spacial score (nSPS) is 15.9. The summed E-state index contributed by atoms with van der Waals surface area (Å²) in [5.41, 5.74) is 8.02. The molecule has 2 aromatic carbocycles. The fourth-order valence-electron chi connectivity index (χ4n) is 3.98. The fourth-order valence-corrected chi connectivity index (χ4v) is 4.23. The number of rotatable bonds is 6. The third kappa shape index (κ3) is 4.39. The minimum absolute atomic E-state index is 0.155. The van der Waals surface area contributed by atoms with Crippen LogP contribution >= 0.6 is 11.6 Å². The minimum atomic E-state index is -0.326. The Balaban J connectivity index is 1.58. The maximum absolute atomic E-state index is 13.4. The number of benzene rings is 2. The van der Waals surface area contributed by atoms with E-state index in [0.717, 1.165) is 25.4 Å². The molecule has 2 heterocycles. The highest BCUT2D eigenvalue weighted by molar-refractivity contribution is 6.35. The number of fused-ring (bicyclic) bond motifs is 1. The number of halogens is 1.